The van der Waals surface area contributed by atoms with E-state index in [1.165, 1.54) is 50.5 Å². The van der Waals surface area contributed by atoms with Crippen LogP contribution in [0.25, 0.3) is 0 Å². The van der Waals surface area contributed by atoms with E-state index in [9.17, 15) is 9.90 Å². The van der Waals surface area contributed by atoms with Crippen molar-refractivity contribution in [1.82, 2.24) is 0 Å². The number of carbonyl (C=O) groups excluding carboxylic acids is 1. The first-order valence-corrected chi connectivity index (χ1v) is 13.6. The molecule has 0 aromatic rings. The van der Waals surface area contributed by atoms with Gasteiger partial charge in [0.1, 0.15) is 5.78 Å². The van der Waals surface area contributed by atoms with Crippen LogP contribution >= 0.6 is 0 Å². The average molecular weight is 431 g/mol. The molecule has 0 radical (unpaired) electrons. The van der Waals surface area contributed by atoms with Gasteiger partial charge in [0.2, 0.25) is 0 Å². The van der Waals surface area contributed by atoms with Crippen LogP contribution in [0.5, 0.6) is 0 Å². The van der Waals surface area contributed by atoms with E-state index in [0.717, 1.165) is 43.9 Å². The number of ketones is 1. The fourth-order valence-corrected chi connectivity index (χ4v) is 7.68. The van der Waals surface area contributed by atoms with Crippen molar-refractivity contribution < 1.29 is 9.90 Å². The lowest BCUT2D eigenvalue weighted by molar-refractivity contribution is -0.151. The summed E-state index contributed by atoms with van der Waals surface area (Å²) in [6, 6.07) is 0. The molecule has 2 nitrogen and oxygen atoms in total. The van der Waals surface area contributed by atoms with E-state index >= 15 is 0 Å². The highest BCUT2D eigenvalue weighted by Gasteiger charge is 2.55. The summed E-state index contributed by atoms with van der Waals surface area (Å²) < 4.78 is 0. The van der Waals surface area contributed by atoms with Crippen LogP contribution in [0.4, 0.5) is 0 Å². The van der Waals surface area contributed by atoms with E-state index in [2.05, 4.69) is 41.2 Å². The number of hydrogen-bond donors (Lipinski definition) is 1. The molecular weight excluding hydrogens is 380 g/mol. The summed E-state index contributed by atoms with van der Waals surface area (Å²) in [5.74, 6) is 4.53. The quantitative estimate of drug-likeness (QED) is 0.382. The van der Waals surface area contributed by atoms with Crippen LogP contribution < -0.4 is 0 Å². The van der Waals surface area contributed by atoms with Gasteiger partial charge in [-0.3, -0.25) is 4.79 Å². The fraction of sp³-hybridized carbons (Fsp3) is 0.897. The smallest absolute Gasteiger partial charge is 0.136 e. The summed E-state index contributed by atoms with van der Waals surface area (Å²) >= 11 is 0. The molecular formula is C29H50O2. The zero-order chi connectivity index (χ0) is 22.8. The third-order valence-corrected chi connectivity index (χ3v) is 10.2. The highest BCUT2D eigenvalue weighted by atomic mass is 16.3. The minimum Gasteiger partial charge on any atom is -0.393 e. The summed E-state index contributed by atoms with van der Waals surface area (Å²) in [5.41, 5.74) is 1.68. The van der Waals surface area contributed by atoms with Crippen molar-refractivity contribution in [1.29, 1.82) is 0 Å². The largest absolute Gasteiger partial charge is 0.393 e. The van der Waals surface area contributed by atoms with Gasteiger partial charge in [-0.05, 0) is 98.7 Å². The molecule has 0 amide bonds. The molecule has 0 aromatic carbocycles. The molecule has 1 N–H and O–H groups in total. The SMILES string of the molecule is C=C(CCC(C)C(CC)CCC1CCCC2C1C(=O)CC1CC(O)CCC12C)C(C)C. The van der Waals surface area contributed by atoms with Crippen LogP contribution in [0.2, 0.25) is 0 Å². The Morgan fingerprint density at radius 1 is 1.19 bits per heavy atom. The van der Waals surface area contributed by atoms with Crippen molar-refractivity contribution in [3.05, 3.63) is 12.2 Å². The topological polar surface area (TPSA) is 37.3 Å². The molecule has 3 fully saturated rings. The highest BCUT2D eigenvalue weighted by Crippen LogP contribution is 2.59. The number of fused-ring (bicyclic) bond motifs is 3. The first-order valence-electron chi connectivity index (χ1n) is 13.6. The van der Waals surface area contributed by atoms with Crippen molar-refractivity contribution in [3.8, 4) is 0 Å². The zero-order valence-corrected chi connectivity index (χ0v) is 21.2. The van der Waals surface area contributed by atoms with Crippen LogP contribution in [-0.4, -0.2) is 17.0 Å². The van der Waals surface area contributed by atoms with Crippen molar-refractivity contribution in [3.63, 3.8) is 0 Å². The van der Waals surface area contributed by atoms with Crippen LogP contribution in [0.1, 0.15) is 112 Å². The van der Waals surface area contributed by atoms with Gasteiger partial charge in [0.25, 0.3) is 0 Å². The maximum Gasteiger partial charge on any atom is 0.136 e. The third kappa shape index (κ3) is 5.48. The molecule has 2 heteroatoms. The number of aliphatic hydroxyl groups is 1. The van der Waals surface area contributed by atoms with Gasteiger partial charge in [0.05, 0.1) is 6.10 Å². The number of allylic oxidation sites excluding steroid dienone is 1. The summed E-state index contributed by atoms with van der Waals surface area (Å²) in [6.07, 6.45) is 13.4. The Kier molecular flexibility index (Phi) is 8.50. The molecule has 8 atom stereocenters. The molecule has 3 rings (SSSR count). The Morgan fingerprint density at radius 3 is 2.61 bits per heavy atom. The molecule has 31 heavy (non-hydrogen) atoms. The van der Waals surface area contributed by atoms with Crippen LogP contribution in [0.15, 0.2) is 12.2 Å². The zero-order valence-electron chi connectivity index (χ0n) is 21.2. The van der Waals surface area contributed by atoms with Crippen molar-refractivity contribution >= 4 is 5.78 Å². The predicted molar refractivity (Wildman–Crippen MR) is 131 cm³/mol. The number of rotatable bonds is 9. The summed E-state index contributed by atoms with van der Waals surface area (Å²) in [7, 11) is 0. The molecule has 8 unspecified atom stereocenters. The van der Waals surface area contributed by atoms with Crippen LogP contribution in [0.3, 0.4) is 0 Å². The van der Waals surface area contributed by atoms with Gasteiger partial charge >= 0.3 is 0 Å². The van der Waals surface area contributed by atoms with E-state index < -0.39 is 0 Å². The first kappa shape index (κ1) is 25.0. The minimum absolute atomic E-state index is 0.180. The molecule has 3 aliphatic carbocycles. The number of Topliss-reactive ketones (excluding diaryl/α,β-unsaturated/α-hetero) is 1. The third-order valence-electron chi connectivity index (χ3n) is 10.2. The van der Waals surface area contributed by atoms with E-state index in [4.69, 9.17) is 0 Å². The summed E-state index contributed by atoms with van der Waals surface area (Å²) in [6.45, 7) is 16.0. The predicted octanol–water partition coefficient (Wildman–Crippen LogP) is 7.59. The first-order chi connectivity index (χ1) is 14.7. The second kappa shape index (κ2) is 10.5. The number of carbonyl (C=O) groups is 1. The second-order valence-corrected chi connectivity index (χ2v) is 12.2. The Balaban J connectivity index is 1.61. The molecule has 0 spiro atoms. The van der Waals surface area contributed by atoms with Crippen molar-refractivity contribution in [2.75, 3.05) is 0 Å². The van der Waals surface area contributed by atoms with Gasteiger partial charge in [-0.15, -0.1) is 0 Å². The van der Waals surface area contributed by atoms with Gasteiger partial charge in [0.15, 0.2) is 0 Å². The van der Waals surface area contributed by atoms with E-state index in [0.29, 0.717) is 35.4 Å². The molecule has 0 bridgehead atoms. The van der Waals surface area contributed by atoms with Gasteiger partial charge in [-0.2, -0.15) is 0 Å². The molecule has 0 aromatic heterocycles. The molecule has 0 aliphatic heterocycles. The summed E-state index contributed by atoms with van der Waals surface area (Å²) in [4.78, 5) is 13.3. The normalized spacial score (nSPS) is 37.8. The molecule has 0 heterocycles. The number of aliphatic hydroxyl groups excluding tert-OH is 1. The van der Waals surface area contributed by atoms with Gasteiger partial charge < -0.3 is 5.11 Å². The lowest BCUT2D eigenvalue weighted by atomic mass is 9.47. The Labute approximate surface area is 192 Å². The van der Waals surface area contributed by atoms with E-state index in [1.807, 2.05) is 0 Å². The molecule has 178 valence electrons. The van der Waals surface area contributed by atoms with Gasteiger partial charge in [0, 0.05) is 12.3 Å². The summed E-state index contributed by atoms with van der Waals surface area (Å²) in [5, 5.41) is 10.2. The van der Waals surface area contributed by atoms with Crippen LogP contribution in [-0.2, 0) is 4.79 Å². The number of hydrogen-bond acceptors (Lipinski definition) is 2. The monoisotopic (exact) mass is 430 g/mol. The lowest BCUT2D eigenvalue weighted by Gasteiger charge is -2.57. The Hall–Kier alpha value is -0.630. The molecule has 0 saturated heterocycles. The molecule has 3 aliphatic rings. The lowest BCUT2D eigenvalue weighted by Crippen LogP contribution is -2.54. The maximum atomic E-state index is 13.3. The van der Waals surface area contributed by atoms with Crippen molar-refractivity contribution in [2.24, 2.45) is 46.8 Å². The standard InChI is InChI=1S/C29H50O2/c1-7-22(21(5)12-11-20(4)19(2)3)13-14-23-9-8-10-26-28(23)27(31)18-24-17-25(30)15-16-29(24,26)6/h19,21-26,28,30H,4,7-18H2,1-3,5-6H3. The van der Waals surface area contributed by atoms with E-state index in [1.54, 1.807) is 0 Å². The Morgan fingerprint density at radius 2 is 1.94 bits per heavy atom. The minimum atomic E-state index is -0.180. The Bertz CT molecular complexity index is 622. The second-order valence-electron chi connectivity index (χ2n) is 12.2. The molecule has 3 saturated carbocycles. The van der Waals surface area contributed by atoms with E-state index in [-0.39, 0.29) is 11.5 Å². The average Bonchev–Trinajstić information content (AvgIpc) is 2.74. The van der Waals surface area contributed by atoms with Gasteiger partial charge in [-0.25, -0.2) is 0 Å². The maximum absolute atomic E-state index is 13.3. The van der Waals surface area contributed by atoms with Crippen LogP contribution in [0, 0.1) is 46.8 Å². The fourth-order valence-electron chi connectivity index (χ4n) is 7.68. The highest BCUT2D eigenvalue weighted by molar-refractivity contribution is 5.83. The van der Waals surface area contributed by atoms with Gasteiger partial charge in [-0.1, -0.05) is 59.6 Å². The van der Waals surface area contributed by atoms with Crippen molar-refractivity contribution in [2.45, 2.75) is 118 Å².